The average molecular weight is 563 g/mol. The molecule has 2 fully saturated rings. The average Bonchev–Trinajstić information content (AvgIpc) is 3.49. The summed E-state index contributed by atoms with van der Waals surface area (Å²) in [7, 11) is 0. The second-order valence-electron chi connectivity index (χ2n) is 11.8. The Kier molecular flexibility index (Phi) is 12.0. The topological polar surface area (TPSA) is 53.5 Å². The van der Waals surface area contributed by atoms with Gasteiger partial charge in [0.25, 0.3) is 0 Å². The Morgan fingerprint density at radius 1 is 0.775 bits per heavy atom. The van der Waals surface area contributed by atoms with Gasteiger partial charge in [-0.25, -0.2) is 0 Å². The summed E-state index contributed by atoms with van der Waals surface area (Å²) >= 11 is 1.70. The van der Waals surface area contributed by atoms with Crippen molar-refractivity contribution in [3.05, 3.63) is 82.3 Å². The van der Waals surface area contributed by atoms with Crippen LogP contribution in [0.5, 0.6) is 0 Å². The first-order valence-electron chi connectivity index (χ1n) is 15.5. The van der Waals surface area contributed by atoms with Gasteiger partial charge >= 0.3 is 0 Å². The number of hydrogen-bond donors (Lipinski definition) is 0. The van der Waals surface area contributed by atoms with E-state index in [1.165, 1.54) is 73.9 Å². The van der Waals surface area contributed by atoms with E-state index >= 15 is 0 Å². The van der Waals surface area contributed by atoms with Crippen LogP contribution in [-0.2, 0) is 33.8 Å². The summed E-state index contributed by atoms with van der Waals surface area (Å²) in [6, 6.07) is 21.0. The fourth-order valence-electron chi connectivity index (χ4n) is 6.44. The quantitative estimate of drug-likeness (QED) is 0.249. The summed E-state index contributed by atoms with van der Waals surface area (Å²) < 4.78 is 19.6. The number of hydrogen-bond acceptors (Lipinski definition) is 6. The van der Waals surface area contributed by atoms with E-state index < -0.39 is 0 Å². The highest BCUT2D eigenvalue weighted by Crippen LogP contribution is 2.35. The highest BCUT2D eigenvalue weighted by molar-refractivity contribution is 7.09. The Hall–Kier alpha value is -2.12. The van der Waals surface area contributed by atoms with Crippen molar-refractivity contribution >= 4 is 11.3 Å². The molecule has 1 aliphatic carbocycles. The van der Waals surface area contributed by atoms with E-state index in [0.717, 1.165) is 19.3 Å². The molecule has 0 bridgehead atoms. The van der Waals surface area contributed by atoms with Gasteiger partial charge in [-0.05, 0) is 42.2 Å². The second kappa shape index (κ2) is 16.4. The van der Waals surface area contributed by atoms with Gasteiger partial charge in [-0.15, -0.1) is 21.5 Å². The smallest absolute Gasteiger partial charge is 0.117 e. The van der Waals surface area contributed by atoms with Crippen molar-refractivity contribution in [1.82, 2.24) is 10.2 Å². The molecule has 5 nitrogen and oxygen atoms in total. The van der Waals surface area contributed by atoms with Crippen molar-refractivity contribution in [2.24, 2.45) is 11.8 Å². The number of nitrogens with zero attached hydrogens (tertiary/aromatic N) is 2. The van der Waals surface area contributed by atoms with Crippen LogP contribution in [0.25, 0.3) is 0 Å². The first-order valence-corrected chi connectivity index (χ1v) is 16.4. The lowest BCUT2D eigenvalue weighted by atomic mass is 9.82. The molecule has 216 valence electrons. The predicted octanol–water partition coefficient (Wildman–Crippen LogP) is 8.19. The zero-order chi connectivity index (χ0) is 27.2. The number of aromatic nitrogens is 2. The van der Waals surface area contributed by atoms with Crippen LogP contribution < -0.4 is 0 Å². The van der Waals surface area contributed by atoms with Crippen LogP contribution >= 0.6 is 11.3 Å². The molecule has 5 unspecified atom stereocenters. The van der Waals surface area contributed by atoms with Gasteiger partial charge in [-0.2, -0.15) is 0 Å². The van der Waals surface area contributed by atoms with Crippen molar-refractivity contribution in [3.8, 4) is 0 Å². The van der Waals surface area contributed by atoms with Gasteiger partial charge in [0.15, 0.2) is 0 Å². The lowest BCUT2D eigenvalue weighted by Gasteiger charge is -2.39. The van der Waals surface area contributed by atoms with Gasteiger partial charge in [0, 0.05) is 19.3 Å². The molecule has 1 aromatic heterocycles. The molecule has 5 atom stereocenters. The minimum absolute atomic E-state index is 0.0682. The third-order valence-corrected chi connectivity index (χ3v) is 9.38. The third kappa shape index (κ3) is 9.76. The predicted molar refractivity (Wildman–Crippen MR) is 161 cm³/mol. The van der Waals surface area contributed by atoms with E-state index in [-0.39, 0.29) is 18.3 Å². The van der Waals surface area contributed by atoms with Crippen LogP contribution in [0.1, 0.15) is 86.8 Å². The van der Waals surface area contributed by atoms with Crippen LogP contribution in [0, 0.1) is 11.8 Å². The molecule has 2 aliphatic rings. The maximum absolute atomic E-state index is 6.86. The lowest BCUT2D eigenvalue weighted by Crippen LogP contribution is -2.42. The molecule has 0 radical (unpaired) electrons. The minimum atomic E-state index is 0.0682. The van der Waals surface area contributed by atoms with E-state index in [0.29, 0.717) is 31.7 Å². The Morgan fingerprint density at radius 3 is 2.25 bits per heavy atom. The molecule has 5 rings (SSSR count). The van der Waals surface area contributed by atoms with Crippen LogP contribution in [0.15, 0.2) is 66.2 Å². The summed E-state index contributed by atoms with van der Waals surface area (Å²) in [5.74, 6) is 1.25. The third-order valence-electron chi connectivity index (χ3n) is 8.66. The summed E-state index contributed by atoms with van der Waals surface area (Å²) in [4.78, 5) is 0. The molecule has 2 heterocycles. The van der Waals surface area contributed by atoms with Gasteiger partial charge in [0.2, 0.25) is 0 Å². The first kappa shape index (κ1) is 29.4. The molecular formula is C34H46N2O3S. The highest BCUT2D eigenvalue weighted by atomic mass is 32.1. The fourth-order valence-corrected chi connectivity index (χ4v) is 7.08. The molecule has 40 heavy (non-hydrogen) atoms. The molecular weight excluding hydrogens is 516 g/mol. The molecule has 0 N–H and O–H groups in total. The Bertz CT molecular complexity index is 1070. The van der Waals surface area contributed by atoms with Crippen LogP contribution in [-0.4, -0.2) is 35.1 Å². The molecule has 1 aliphatic heterocycles. The van der Waals surface area contributed by atoms with Crippen LogP contribution in [0.4, 0.5) is 0 Å². The first-order chi connectivity index (χ1) is 19.8. The van der Waals surface area contributed by atoms with Crippen molar-refractivity contribution in [1.29, 1.82) is 0 Å². The van der Waals surface area contributed by atoms with Gasteiger partial charge in [0.1, 0.15) is 10.5 Å². The van der Waals surface area contributed by atoms with Crippen molar-refractivity contribution in [3.63, 3.8) is 0 Å². The monoisotopic (exact) mass is 562 g/mol. The molecule has 1 saturated carbocycles. The zero-order valence-corrected chi connectivity index (χ0v) is 24.7. The second-order valence-corrected chi connectivity index (χ2v) is 12.7. The van der Waals surface area contributed by atoms with Crippen molar-refractivity contribution in [2.75, 3.05) is 6.61 Å². The van der Waals surface area contributed by atoms with E-state index in [9.17, 15) is 0 Å². The van der Waals surface area contributed by atoms with Gasteiger partial charge in [0.05, 0.1) is 38.1 Å². The number of rotatable bonds is 10. The molecule has 1 saturated heterocycles. The largest absolute Gasteiger partial charge is 0.374 e. The Labute approximate surface area is 244 Å². The SMILES string of the molecule is c1ccc(COCC2CC(OCc3ccccc3)CC(C3CCCCCCCC(Cc4nncs4)CC3)O2)cc1. The summed E-state index contributed by atoms with van der Waals surface area (Å²) in [6.07, 6.45) is 15.1. The number of ether oxygens (including phenoxy) is 3. The van der Waals surface area contributed by atoms with Crippen molar-refractivity contribution in [2.45, 2.75) is 109 Å². The van der Waals surface area contributed by atoms with E-state index in [1.807, 2.05) is 11.6 Å². The number of benzene rings is 2. The minimum Gasteiger partial charge on any atom is -0.374 e. The lowest BCUT2D eigenvalue weighted by molar-refractivity contribution is -0.157. The van der Waals surface area contributed by atoms with Gasteiger partial charge in [-0.1, -0.05) is 99.2 Å². The standard InChI is InChI=1S/C34H46N2O3S/c1-2-6-12-27(20-34-36-35-26-40-34)18-19-30(17-11-3-1)33-22-31(38-24-29-15-9-5-10-16-29)21-32(39-33)25-37-23-28-13-7-4-8-14-28/h4-5,7-10,13-16,26-27,30-33H,1-3,6,11-12,17-25H2. The fraction of sp³-hybridized carbons (Fsp3) is 0.588. The molecule has 2 aromatic carbocycles. The summed E-state index contributed by atoms with van der Waals surface area (Å²) in [5.41, 5.74) is 4.31. The molecule has 3 aromatic rings. The Morgan fingerprint density at radius 2 is 1.50 bits per heavy atom. The normalized spacial score (nSPS) is 26.6. The van der Waals surface area contributed by atoms with E-state index in [1.54, 1.807) is 11.3 Å². The molecule has 0 spiro atoms. The Balaban J connectivity index is 1.23. The van der Waals surface area contributed by atoms with Gasteiger partial charge in [-0.3, -0.25) is 0 Å². The van der Waals surface area contributed by atoms with E-state index in [2.05, 4.69) is 64.8 Å². The maximum Gasteiger partial charge on any atom is 0.117 e. The van der Waals surface area contributed by atoms with E-state index in [4.69, 9.17) is 14.2 Å². The van der Waals surface area contributed by atoms with Crippen LogP contribution in [0.3, 0.4) is 0 Å². The highest BCUT2D eigenvalue weighted by Gasteiger charge is 2.35. The zero-order valence-electron chi connectivity index (χ0n) is 23.9. The summed E-state index contributed by atoms with van der Waals surface area (Å²) in [6.45, 7) is 1.89. The summed E-state index contributed by atoms with van der Waals surface area (Å²) in [5, 5.41) is 9.64. The van der Waals surface area contributed by atoms with Crippen LogP contribution in [0.2, 0.25) is 0 Å². The van der Waals surface area contributed by atoms with Gasteiger partial charge < -0.3 is 14.2 Å². The molecule has 0 amide bonds. The molecule has 6 heteroatoms. The maximum atomic E-state index is 6.86. The van der Waals surface area contributed by atoms with Crippen molar-refractivity contribution < 1.29 is 14.2 Å².